The smallest absolute Gasteiger partial charge is 0.305 e. The number of halogens is 1. The molecule has 0 bridgehead atoms. The zero-order chi connectivity index (χ0) is 12.0. The molecule has 0 atom stereocenters. The number of ether oxygens (including phenoxy) is 1. The van der Waals surface area contributed by atoms with Gasteiger partial charge in [-0.15, -0.1) is 0 Å². The highest BCUT2D eigenvalue weighted by Gasteiger charge is 2.03. The lowest BCUT2D eigenvalue weighted by molar-refractivity contribution is -0.143. The van der Waals surface area contributed by atoms with E-state index < -0.39 is 0 Å². The topological polar surface area (TPSA) is 52.3 Å². The molecule has 0 saturated carbocycles. The lowest BCUT2D eigenvalue weighted by Crippen LogP contribution is -2.04. The van der Waals surface area contributed by atoms with Crippen LogP contribution in [0.5, 0.6) is 0 Å². The minimum absolute atomic E-state index is 0.149. The van der Waals surface area contributed by atoms with E-state index in [1.165, 1.54) is 0 Å². The maximum absolute atomic E-state index is 11.1. The molecule has 16 heavy (non-hydrogen) atoms. The first kappa shape index (κ1) is 12.8. The number of esters is 1. The molecule has 0 saturated heterocycles. The first-order valence-corrected chi connectivity index (χ1v) is 5.70. The van der Waals surface area contributed by atoms with E-state index in [1.807, 2.05) is 12.1 Å². The average Bonchev–Trinajstić information content (AvgIpc) is 2.24. The Balaban J connectivity index is 2.37. The van der Waals surface area contributed by atoms with E-state index in [0.29, 0.717) is 23.7 Å². The van der Waals surface area contributed by atoms with Crippen LogP contribution in [0.1, 0.15) is 25.3 Å². The van der Waals surface area contributed by atoms with Crippen LogP contribution >= 0.6 is 11.6 Å². The van der Waals surface area contributed by atoms with Gasteiger partial charge in [0.25, 0.3) is 0 Å². The fourth-order valence-corrected chi connectivity index (χ4v) is 1.60. The summed E-state index contributed by atoms with van der Waals surface area (Å²) >= 11 is 5.89. The SMILES string of the molecule is CCOC(=O)CCCc1ccc(N)c(Cl)c1. The van der Waals surface area contributed by atoms with Crippen molar-refractivity contribution in [1.29, 1.82) is 0 Å². The van der Waals surface area contributed by atoms with Gasteiger partial charge in [0.2, 0.25) is 0 Å². The van der Waals surface area contributed by atoms with E-state index in [0.717, 1.165) is 18.4 Å². The van der Waals surface area contributed by atoms with Gasteiger partial charge in [0.1, 0.15) is 0 Å². The maximum Gasteiger partial charge on any atom is 0.305 e. The summed E-state index contributed by atoms with van der Waals surface area (Å²) in [5, 5.41) is 0.564. The molecule has 1 aromatic carbocycles. The standard InChI is InChI=1S/C12H16ClNO2/c1-2-16-12(15)5-3-4-9-6-7-11(14)10(13)8-9/h6-8H,2-5,14H2,1H3. The van der Waals surface area contributed by atoms with Crippen molar-refractivity contribution in [2.45, 2.75) is 26.2 Å². The lowest BCUT2D eigenvalue weighted by atomic mass is 10.1. The summed E-state index contributed by atoms with van der Waals surface area (Å²) in [6, 6.07) is 5.54. The molecular weight excluding hydrogens is 226 g/mol. The Morgan fingerprint density at radius 3 is 2.88 bits per heavy atom. The van der Waals surface area contributed by atoms with E-state index in [9.17, 15) is 4.79 Å². The van der Waals surface area contributed by atoms with Gasteiger partial charge in [-0.05, 0) is 37.5 Å². The van der Waals surface area contributed by atoms with Gasteiger partial charge < -0.3 is 10.5 Å². The highest BCUT2D eigenvalue weighted by atomic mass is 35.5. The Hall–Kier alpha value is -1.22. The second kappa shape index (κ2) is 6.38. The third-order valence-corrected chi connectivity index (χ3v) is 2.54. The Morgan fingerprint density at radius 1 is 1.50 bits per heavy atom. The van der Waals surface area contributed by atoms with Gasteiger partial charge in [0.15, 0.2) is 0 Å². The van der Waals surface area contributed by atoms with Crippen LogP contribution in [-0.4, -0.2) is 12.6 Å². The summed E-state index contributed by atoms with van der Waals surface area (Å²) in [5.74, 6) is -0.149. The van der Waals surface area contributed by atoms with Gasteiger partial charge >= 0.3 is 5.97 Å². The summed E-state index contributed by atoms with van der Waals surface area (Å²) in [6.07, 6.45) is 2.01. The van der Waals surface area contributed by atoms with E-state index >= 15 is 0 Å². The number of benzene rings is 1. The third kappa shape index (κ3) is 4.11. The van der Waals surface area contributed by atoms with Gasteiger partial charge in [-0.25, -0.2) is 0 Å². The molecule has 0 radical (unpaired) electrons. The molecular formula is C12H16ClNO2. The summed E-state index contributed by atoms with van der Waals surface area (Å²) in [7, 11) is 0. The summed E-state index contributed by atoms with van der Waals surface area (Å²) < 4.78 is 4.84. The van der Waals surface area contributed by atoms with Crippen molar-refractivity contribution in [2.24, 2.45) is 0 Å². The molecule has 4 heteroatoms. The predicted octanol–water partition coefficient (Wildman–Crippen LogP) is 2.81. The summed E-state index contributed by atoms with van der Waals surface area (Å²) in [5.41, 5.74) is 7.27. The van der Waals surface area contributed by atoms with Crippen molar-refractivity contribution in [3.05, 3.63) is 28.8 Å². The van der Waals surface area contributed by atoms with E-state index in [-0.39, 0.29) is 5.97 Å². The fraction of sp³-hybridized carbons (Fsp3) is 0.417. The van der Waals surface area contributed by atoms with Gasteiger partial charge in [-0.3, -0.25) is 4.79 Å². The molecule has 2 N–H and O–H groups in total. The predicted molar refractivity (Wildman–Crippen MR) is 65.4 cm³/mol. The minimum Gasteiger partial charge on any atom is -0.466 e. The van der Waals surface area contributed by atoms with Crippen LogP contribution in [0.3, 0.4) is 0 Å². The van der Waals surface area contributed by atoms with E-state index in [1.54, 1.807) is 13.0 Å². The van der Waals surface area contributed by atoms with Crippen LogP contribution in [-0.2, 0) is 16.0 Å². The second-order valence-corrected chi connectivity index (χ2v) is 3.92. The number of hydrogen-bond acceptors (Lipinski definition) is 3. The largest absolute Gasteiger partial charge is 0.466 e. The van der Waals surface area contributed by atoms with Crippen LogP contribution in [0, 0.1) is 0 Å². The minimum atomic E-state index is -0.149. The van der Waals surface area contributed by atoms with Crippen LogP contribution in [0.4, 0.5) is 5.69 Å². The molecule has 88 valence electrons. The zero-order valence-electron chi connectivity index (χ0n) is 9.33. The molecule has 0 heterocycles. The normalized spacial score (nSPS) is 10.1. The van der Waals surface area contributed by atoms with E-state index in [4.69, 9.17) is 22.1 Å². The fourth-order valence-electron chi connectivity index (χ4n) is 1.40. The van der Waals surface area contributed by atoms with E-state index in [2.05, 4.69) is 0 Å². The first-order chi connectivity index (χ1) is 7.63. The number of hydrogen-bond donors (Lipinski definition) is 1. The molecule has 1 rings (SSSR count). The van der Waals surface area contributed by atoms with Crippen LogP contribution in [0.25, 0.3) is 0 Å². The molecule has 3 nitrogen and oxygen atoms in total. The lowest BCUT2D eigenvalue weighted by Gasteiger charge is -2.04. The van der Waals surface area contributed by atoms with Crippen LogP contribution in [0.2, 0.25) is 5.02 Å². The van der Waals surface area contributed by atoms with Gasteiger partial charge in [-0.1, -0.05) is 17.7 Å². The molecule has 0 aliphatic heterocycles. The maximum atomic E-state index is 11.1. The Labute approximate surface area is 101 Å². The first-order valence-electron chi connectivity index (χ1n) is 5.33. The molecule has 0 aliphatic rings. The molecule has 0 aliphatic carbocycles. The van der Waals surface area contributed by atoms with Crippen LogP contribution in [0.15, 0.2) is 18.2 Å². The Kier molecular flexibility index (Phi) is 5.12. The highest BCUT2D eigenvalue weighted by molar-refractivity contribution is 6.33. The number of carbonyl (C=O) groups excluding carboxylic acids is 1. The van der Waals surface area contributed by atoms with Crippen LogP contribution < -0.4 is 5.73 Å². The number of anilines is 1. The van der Waals surface area contributed by atoms with Crippen molar-refractivity contribution < 1.29 is 9.53 Å². The van der Waals surface area contributed by atoms with Crippen molar-refractivity contribution in [1.82, 2.24) is 0 Å². The highest BCUT2D eigenvalue weighted by Crippen LogP contribution is 2.20. The Morgan fingerprint density at radius 2 is 2.25 bits per heavy atom. The van der Waals surface area contributed by atoms with Gasteiger partial charge in [0, 0.05) is 6.42 Å². The number of carbonyl (C=O) groups is 1. The number of nitrogen functional groups attached to an aromatic ring is 1. The van der Waals surface area contributed by atoms with Gasteiger partial charge in [0.05, 0.1) is 17.3 Å². The third-order valence-electron chi connectivity index (χ3n) is 2.22. The number of aryl methyl sites for hydroxylation is 1. The zero-order valence-corrected chi connectivity index (χ0v) is 10.1. The monoisotopic (exact) mass is 241 g/mol. The molecule has 0 unspecified atom stereocenters. The molecule has 0 spiro atoms. The van der Waals surface area contributed by atoms with Gasteiger partial charge in [-0.2, -0.15) is 0 Å². The molecule has 0 aromatic heterocycles. The van der Waals surface area contributed by atoms with Crippen molar-refractivity contribution >= 4 is 23.3 Å². The summed E-state index contributed by atoms with van der Waals surface area (Å²) in [6.45, 7) is 2.24. The molecule has 0 fully saturated rings. The number of rotatable bonds is 5. The second-order valence-electron chi connectivity index (χ2n) is 3.51. The van der Waals surface area contributed by atoms with Crippen molar-refractivity contribution in [2.75, 3.05) is 12.3 Å². The molecule has 0 amide bonds. The van der Waals surface area contributed by atoms with Crippen molar-refractivity contribution in [3.63, 3.8) is 0 Å². The quantitative estimate of drug-likeness (QED) is 0.637. The molecule has 1 aromatic rings. The Bertz CT molecular complexity index is 366. The number of nitrogens with two attached hydrogens (primary N) is 1. The average molecular weight is 242 g/mol. The summed E-state index contributed by atoms with van der Waals surface area (Å²) in [4.78, 5) is 11.1. The van der Waals surface area contributed by atoms with Crippen molar-refractivity contribution in [3.8, 4) is 0 Å².